The Bertz CT molecular complexity index is 316. The summed E-state index contributed by atoms with van der Waals surface area (Å²) in [6.07, 6.45) is 2.04. The summed E-state index contributed by atoms with van der Waals surface area (Å²) in [6, 6.07) is 7.79. The van der Waals surface area contributed by atoms with Crippen LogP contribution >= 0.6 is 11.6 Å². The summed E-state index contributed by atoms with van der Waals surface area (Å²) in [4.78, 5) is 10.1. The summed E-state index contributed by atoms with van der Waals surface area (Å²) in [5, 5.41) is 3.05. The van der Waals surface area contributed by atoms with E-state index < -0.39 is 0 Å². The molecule has 3 heteroatoms. The quantitative estimate of drug-likeness (QED) is 0.594. The number of carbonyl (C=O) groups excluding carboxylic acids is 1. The first-order valence-electron chi connectivity index (χ1n) is 3.86. The lowest BCUT2D eigenvalue weighted by molar-refractivity contribution is -0.104. The van der Waals surface area contributed by atoms with Crippen LogP contribution in [0.15, 0.2) is 35.5 Å². The Labute approximate surface area is 82.2 Å². The first kappa shape index (κ1) is 9.81. The van der Waals surface area contributed by atoms with Crippen molar-refractivity contribution >= 4 is 23.6 Å². The van der Waals surface area contributed by atoms with E-state index in [1.807, 2.05) is 31.2 Å². The van der Waals surface area contributed by atoms with Gasteiger partial charge < -0.3 is 5.32 Å². The van der Waals surface area contributed by atoms with Crippen LogP contribution < -0.4 is 5.32 Å². The van der Waals surface area contributed by atoms with E-state index in [1.165, 1.54) is 11.8 Å². The van der Waals surface area contributed by atoms with Crippen molar-refractivity contribution in [3.05, 3.63) is 41.1 Å². The van der Waals surface area contributed by atoms with Crippen molar-refractivity contribution in [1.29, 1.82) is 0 Å². The Balaban J connectivity index is 2.65. The number of aryl methyl sites for hydroxylation is 1. The number of carbonyl (C=O) groups is 1. The van der Waals surface area contributed by atoms with Gasteiger partial charge in [-0.3, -0.25) is 4.79 Å². The second-order valence-corrected chi connectivity index (χ2v) is 3.09. The molecule has 0 unspecified atom stereocenters. The molecule has 0 heterocycles. The SMILES string of the molecule is Cc1ccc(N/C=C(/Cl)C=O)cc1. The van der Waals surface area contributed by atoms with Crippen molar-refractivity contribution in [2.75, 3.05) is 5.32 Å². The molecule has 1 aromatic carbocycles. The molecule has 13 heavy (non-hydrogen) atoms. The molecule has 0 saturated carbocycles. The highest BCUT2D eigenvalue weighted by Crippen LogP contribution is 2.09. The average Bonchev–Trinajstić information content (AvgIpc) is 2.16. The Morgan fingerprint density at radius 3 is 2.54 bits per heavy atom. The molecule has 0 aromatic heterocycles. The molecule has 0 fully saturated rings. The number of rotatable bonds is 3. The average molecular weight is 196 g/mol. The molecule has 68 valence electrons. The van der Waals surface area contributed by atoms with Crippen LogP contribution in [0.5, 0.6) is 0 Å². The van der Waals surface area contributed by atoms with Crippen LogP contribution in [-0.2, 0) is 4.79 Å². The molecule has 0 radical (unpaired) electrons. The van der Waals surface area contributed by atoms with Crippen LogP contribution in [-0.4, -0.2) is 6.29 Å². The zero-order valence-electron chi connectivity index (χ0n) is 7.25. The number of allylic oxidation sites excluding steroid dienone is 1. The topological polar surface area (TPSA) is 29.1 Å². The van der Waals surface area contributed by atoms with E-state index in [0.29, 0.717) is 6.29 Å². The number of benzene rings is 1. The smallest absolute Gasteiger partial charge is 0.162 e. The molecule has 2 nitrogen and oxygen atoms in total. The highest BCUT2D eigenvalue weighted by Gasteiger charge is 1.89. The van der Waals surface area contributed by atoms with Crippen LogP contribution in [0.25, 0.3) is 0 Å². The second kappa shape index (κ2) is 4.67. The van der Waals surface area contributed by atoms with Crippen molar-refractivity contribution in [1.82, 2.24) is 0 Å². The fraction of sp³-hybridized carbons (Fsp3) is 0.100. The van der Waals surface area contributed by atoms with Gasteiger partial charge in [0.15, 0.2) is 6.29 Å². The number of hydrogen-bond acceptors (Lipinski definition) is 2. The molecule has 0 bridgehead atoms. The van der Waals surface area contributed by atoms with Gasteiger partial charge in [-0.05, 0) is 19.1 Å². The number of halogens is 1. The first-order valence-corrected chi connectivity index (χ1v) is 4.24. The zero-order valence-corrected chi connectivity index (χ0v) is 8.01. The van der Waals surface area contributed by atoms with E-state index in [-0.39, 0.29) is 5.03 Å². The van der Waals surface area contributed by atoms with Crippen molar-refractivity contribution < 1.29 is 4.79 Å². The number of nitrogens with one attached hydrogen (secondary N) is 1. The third kappa shape index (κ3) is 3.30. The van der Waals surface area contributed by atoms with Gasteiger partial charge in [-0.15, -0.1) is 0 Å². The van der Waals surface area contributed by atoms with E-state index in [1.54, 1.807) is 0 Å². The van der Waals surface area contributed by atoms with Gasteiger partial charge in [-0.1, -0.05) is 29.3 Å². The summed E-state index contributed by atoms with van der Waals surface area (Å²) in [7, 11) is 0. The minimum atomic E-state index is 0.153. The second-order valence-electron chi connectivity index (χ2n) is 2.66. The Kier molecular flexibility index (Phi) is 3.53. The molecule has 1 N–H and O–H groups in total. The maximum Gasteiger partial charge on any atom is 0.162 e. The standard InChI is InChI=1S/C10H10ClNO/c1-8-2-4-10(5-3-8)12-6-9(11)7-13/h2-7,12H,1H3/b9-6+. The highest BCUT2D eigenvalue weighted by molar-refractivity contribution is 6.38. The summed E-state index contributed by atoms with van der Waals surface area (Å²) in [5.74, 6) is 0. The van der Waals surface area contributed by atoms with Crippen molar-refractivity contribution in [2.45, 2.75) is 6.92 Å². The molecule has 0 aliphatic heterocycles. The zero-order chi connectivity index (χ0) is 9.68. The maximum atomic E-state index is 10.1. The highest BCUT2D eigenvalue weighted by atomic mass is 35.5. The van der Waals surface area contributed by atoms with Gasteiger partial charge in [0, 0.05) is 11.9 Å². The number of hydrogen-bond donors (Lipinski definition) is 1. The minimum absolute atomic E-state index is 0.153. The van der Waals surface area contributed by atoms with Gasteiger partial charge >= 0.3 is 0 Å². The largest absolute Gasteiger partial charge is 0.360 e. The molecule has 0 spiro atoms. The predicted octanol–water partition coefficient (Wildman–Crippen LogP) is 2.69. The van der Waals surface area contributed by atoms with E-state index in [4.69, 9.17) is 11.6 Å². The van der Waals surface area contributed by atoms with Gasteiger partial charge in [-0.2, -0.15) is 0 Å². The maximum absolute atomic E-state index is 10.1. The third-order valence-corrected chi connectivity index (χ3v) is 1.74. The number of anilines is 1. The Morgan fingerprint density at radius 2 is 2.00 bits per heavy atom. The molecule has 1 aromatic rings. The molecule has 0 amide bonds. The van der Waals surface area contributed by atoms with Crippen molar-refractivity contribution in [2.24, 2.45) is 0 Å². The summed E-state index contributed by atoms with van der Waals surface area (Å²) in [5.41, 5.74) is 2.10. The fourth-order valence-corrected chi connectivity index (χ4v) is 0.891. The summed E-state index contributed by atoms with van der Waals surface area (Å²) >= 11 is 5.48. The Hall–Kier alpha value is -1.28. The normalized spacial score (nSPS) is 11.1. The number of aldehydes is 1. The van der Waals surface area contributed by atoms with Gasteiger partial charge in [0.1, 0.15) is 0 Å². The molecule has 1 rings (SSSR count). The predicted molar refractivity (Wildman–Crippen MR) is 54.8 cm³/mol. The van der Waals surface area contributed by atoms with Crippen molar-refractivity contribution in [3.8, 4) is 0 Å². The van der Waals surface area contributed by atoms with E-state index >= 15 is 0 Å². The van der Waals surface area contributed by atoms with Crippen LogP contribution in [0.1, 0.15) is 5.56 Å². The molecule has 0 aliphatic rings. The lowest BCUT2D eigenvalue weighted by Crippen LogP contribution is -1.89. The van der Waals surface area contributed by atoms with Crippen LogP contribution in [0, 0.1) is 6.92 Å². The lowest BCUT2D eigenvalue weighted by atomic mass is 10.2. The van der Waals surface area contributed by atoms with Gasteiger partial charge in [0.2, 0.25) is 0 Å². The molecule has 0 saturated heterocycles. The van der Waals surface area contributed by atoms with Crippen LogP contribution in [0.4, 0.5) is 5.69 Å². The van der Waals surface area contributed by atoms with Crippen LogP contribution in [0.2, 0.25) is 0 Å². The summed E-state index contributed by atoms with van der Waals surface area (Å²) in [6.45, 7) is 2.01. The summed E-state index contributed by atoms with van der Waals surface area (Å²) < 4.78 is 0. The molecule has 0 aliphatic carbocycles. The van der Waals surface area contributed by atoms with Gasteiger partial charge in [-0.25, -0.2) is 0 Å². The third-order valence-electron chi connectivity index (χ3n) is 1.54. The van der Waals surface area contributed by atoms with E-state index in [0.717, 1.165) is 5.69 Å². The van der Waals surface area contributed by atoms with Gasteiger partial charge in [0.05, 0.1) is 5.03 Å². The van der Waals surface area contributed by atoms with Gasteiger partial charge in [0.25, 0.3) is 0 Å². The lowest BCUT2D eigenvalue weighted by Gasteiger charge is -2.00. The fourth-order valence-electron chi connectivity index (χ4n) is 0.836. The monoisotopic (exact) mass is 195 g/mol. The molecule has 0 atom stereocenters. The molecular weight excluding hydrogens is 186 g/mol. The van der Waals surface area contributed by atoms with Crippen LogP contribution in [0.3, 0.4) is 0 Å². The molecular formula is C10H10ClNO. The van der Waals surface area contributed by atoms with Crippen molar-refractivity contribution in [3.63, 3.8) is 0 Å². The van der Waals surface area contributed by atoms with E-state index in [9.17, 15) is 4.79 Å². The van der Waals surface area contributed by atoms with E-state index in [2.05, 4.69) is 5.32 Å². The Morgan fingerprint density at radius 1 is 1.38 bits per heavy atom. The first-order chi connectivity index (χ1) is 6.22. The minimum Gasteiger partial charge on any atom is -0.360 e.